The maximum Gasteiger partial charge on any atom is 0.236 e. The molecule has 0 aliphatic carbocycles. The first-order valence-corrected chi connectivity index (χ1v) is 10.2. The maximum absolute atomic E-state index is 12.8. The van der Waals surface area contributed by atoms with Crippen molar-refractivity contribution < 1.29 is 4.79 Å². The first kappa shape index (κ1) is 19.8. The predicted molar refractivity (Wildman–Crippen MR) is 108 cm³/mol. The van der Waals surface area contributed by atoms with Crippen LogP contribution in [0.25, 0.3) is 5.65 Å². The van der Waals surface area contributed by atoms with Crippen LogP contribution in [0.3, 0.4) is 0 Å². The number of carbonyl (C=O) groups excluding carboxylic acids is 1. The largest absolute Gasteiger partial charge is 0.341 e. The molecule has 0 bridgehead atoms. The summed E-state index contributed by atoms with van der Waals surface area (Å²) in [5, 5.41) is 8.70. The second kappa shape index (κ2) is 8.83. The molecule has 1 saturated heterocycles. The number of amides is 1. The molecule has 0 radical (unpaired) electrons. The number of carbonyl (C=O) groups is 1. The minimum Gasteiger partial charge on any atom is -0.341 e. The standard InChI is InChI=1S/C21H33N5O/c1-16(2)13-25(14-17(3)4)20(27)15-24-11-8-18(9-12-24)21-23-22-19-7-5-6-10-26(19)21/h5-7,10,16-18H,8-9,11-15H2,1-4H3. The minimum atomic E-state index is 0.267. The molecule has 0 spiro atoms. The van der Waals surface area contributed by atoms with E-state index in [1.807, 2.05) is 29.3 Å². The van der Waals surface area contributed by atoms with Gasteiger partial charge in [-0.1, -0.05) is 33.8 Å². The van der Waals surface area contributed by atoms with Gasteiger partial charge < -0.3 is 4.90 Å². The highest BCUT2D eigenvalue weighted by Crippen LogP contribution is 2.27. The van der Waals surface area contributed by atoms with Gasteiger partial charge in [-0.2, -0.15) is 0 Å². The zero-order valence-electron chi connectivity index (χ0n) is 17.1. The smallest absolute Gasteiger partial charge is 0.236 e. The first-order valence-electron chi connectivity index (χ1n) is 10.2. The molecular weight excluding hydrogens is 338 g/mol. The number of aromatic nitrogens is 3. The zero-order chi connectivity index (χ0) is 19.4. The number of nitrogens with zero attached hydrogens (tertiary/aromatic N) is 5. The number of piperidine rings is 1. The molecule has 0 atom stereocenters. The van der Waals surface area contributed by atoms with Crippen LogP contribution in [-0.2, 0) is 4.79 Å². The van der Waals surface area contributed by atoms with Crippen molar-refractivity contribution in [3.63, 3.8) is 0 Å². The monoisotopic (exact) mass is 371 g/mol. The van der Waals surface area contributed by atoms with Crippen LogP contribution in [-0.4, -0.2) is 63.0 Å². The molecule has 0 saturated carbocycles. The molecule has 1 amide bonds. The summed E-state index contributed by atoms with van der Waals surface area (Å²) in [6.45, 7) is 12.8. The highest BCUT2D eigenvalue weighted by atomic mass is 16.2. The van der Waals surface area contributed by atoms with E-state index in [9.17, 15) is 4.79 Å². The first-order chi connectivity index (χ1) is 12.9. The normalized spacial score (nSPS) is 16.5. The summed E-state index contributed by atoms with van der Waals surface area (Å²) in [6, 6.07) is 6.00. The highest BCUT2D eigenvalue weighted by molar-refractivity contribution is 5.78. The van der Waals surface area contributed by atoms with Crippen molar-refractivity contribution in [2.75, 3.05) is 32.7 Å². The molecule has 0 aromatic carbocycles. The fourth-order valence-corrected chi connectivity index (χ4v) is 3.94. The molecular formula is C21H33N5O. The summed E-state index contributed by atoms with van der Waals surface area (Å²) >= 11 is 0. The summed E-state index contributed by atoms with van der Waals surface area (Å²) in [5.41, 5.74) is 0.906. The topological polar surface area (TPSA) is 53.7 Å². The van der Waals surface area contributed by atoms with Crippen molar-refractivity contribution in [3.8, 4) is 0 Å². The Labute approximate surface area is 162 Å². The van der Waals surface area contributed by atoms with E-state index < -0.39 is 0 Å². The Bertz CT molecular complexity index is 736. The lowest BCUT2D eigenvalue weighted by Gasteiger charge is -2.33. The van der Waals surface area contributed by atoms with E-state index >= 15 is 0 Å². The summed E-state index contributed by atoms with van der Waals surface area (Å²) in [6.07, 6.45) is 4.09. The molecule has 6 nitrogen and oxygen atoms in total. The summed E-state index contributed by atoms with van der Waals surface area (Å²) in [5.74, 6) is 2.73. The number of pyridine rings is 1. The van der Waals surface area contributed by atoms with Crippen molar-refractivity contribution in [3.05, 3.63) is 30.2 Å². The predicted octanol–water partition coefficient (Wildman–Crippen LogP) is 3.05. The lowest BCUT2D eigenvalue weighted by Crippen LogP contribution is -2.45. The van der Waals surface area contributed by atoms with Crippen LogP contribution in [0.5, 0.6) is 0 Å². The van der Waals surface area contributed by atoms with E-state index in [4.69, 9.17) is 0 Å². The second-order valence-electron chi connectivity index (χ2n) is 8.62. The van der Waals surface area contributed by atoms with Gasteiger partial charge in [0.25, 0.3) is 0 Å². The Balaban J connectivity index is 1.56. The van der Waals surface area contributed by atoms with Gasteiger partial charge in [-0.05, 0) is 49.9 Å². The van der Waals surface area contributed by atoms with E-state index in [0.717, 1.165) is 50.5 Å². The Hall–Kier alpha value is -1.95. The van der Waals surface area contributed by atoms with Gasteiger partial charge in [0.15, 0.2) is 5.65 Å². The van der Waals surface area contributed by atoms with E-state index in [1.165, 1.54) is 0 Å². The molecule has 6 heteroatoms. The number of rotatable bonds is 7. The van der Waals surface area contributed by atoms with Gasteiger partial charge in [0, 0.05) is 25.2 Å². The van der Waals surface area contributed by atoms with Crippen LogP contribution in [0, 0.1) is 11.8 Å². The van der Waals surface area contributed by atoms with Crippen LogP contribution < -0.4 is 0 Å². The van der Waals surface area contributed by atoms with Crippen molar-refractivity contribution >= 4 is 11.6 Å². The molecule has 0 N–H and O–H groups in total. The molecule has 1 aliphatic heterocycles. The highest BCUT2D eigenvalue weighted by Gasteiger charge is 2.27. The van der Waals surface area contributed by atoms with Gasteiger partial charge in [0.1, 0.15) is 5.82 Å². The summed E-state index contributed by atoms with van der Waals surface area (Å²) < 4.78 is 2.10. The molecule has 1 aliphatic rings. The van der Waals surface area contributed by atoms with Crippen molar-refractivity contribution in [2.45, 2.75) is 46.5 Å². The Morgan fingerprint density at radius 2 is 1.78 bits per heavy atom. The molecule has 2 aromatic heterocycles. The molecule has 3 rings (SSSR count). The molecule has 148 valence electrons. The lowest BCUT2D eigenvalue weighted by atomic mass is 9.96. The molecule has 2 aromatic rings. The lowest BCUT2D eigenvalue weighted by molar-refractivity contribution is -0.133. The van der Waals surface area contributed by atoms with Gasteiger partial charge in [0.05, 0.1) is 6.54 Å². The summed E-state index contributed by atoms with van der Waals surface area (Å²) in [4.78, 5) is 17.2. The zero-order valence-corrected chi connectivity index (χ0v) is 17.1. The average Bonchev–Trinajstić information content (AvgIpc) is 3.05. The van der Waals surface area contributed by atoms with Crippen LogP contribution in [0.15, 0.2) is 24.4 Å². The fraction of sp³-hybridized carbons (Fsp3) is 0.667. The van der Waals surface area contributed by atoms with E-state index in [-0.39, 0.29) is 5.91 Å². The van der Waals surface area contributed by atoms with E-state index in [1.54, 1.807) is 0 Å². The maximum atomic E-state index is 12.8. The van der Waals surface area contributed by atoms with Gasteiger partial charge in [0.2, 0.25) is 5.91 Å². The number of hydrogen-bond donors (Lipinski definition) is 0. The molecule has 3 heterocycles. The SMILES string of the molecule is CC(C)CN(CC(C)C)C(=O)CN1CCC(c2nnc3ccccn23)CC1. The van der Waals surface area contributed by atoms with Gasteiger partial charge in [-0.25, -0.2) is 0 Å². The van der Waals surface area contributed by atoms with Crippen molar-refractivity contribution in [1.82, 2.24) is 24.4 Å². The van der Waals surface area contributed by atoms with E-state index in [2.05, 4.69) is 47.2 Å². The second-order valence-corrected chi connectivity index (χ2v) is 8.62. The quantitative estimate of drug-likeness (QED) is 0.751. The van der Waals surface area contributed by atoms with Crippen LogP contribution >= 0.6 is 0 Å². The van der Waals surface area contributed by atoms with Crippen LogP contribution in [0.1, 0.15) is 52.3 Å². The van der Waals surface area contributed by atoms with Gasteiger partial charge >= 0.3 is 0 Å². The van der Waals surface area contributed by atoms with Crippen LogP contribution in [0.4, 0.5) is 0 Å². The van der Waals surface area contributed by atoms with Gasteiger partial charge in [-0.15, -0.1) is 10.2 Å². The number of hydrogen-bond acceptors (Lipinski definition) is 4. The average molecular weight is 372 g/mol. The Morgan fingerprint density at radius 1 is 1.11 bits per heavy atom. The number of likely N-dealkylation sites (tertiary alicyclic amines) is 1. The molecule has 27 heavy (non-hydrogen) atoms. The molecule has 0 unspecified atom stereocenters. The van der Waals surface area contributed by atoms with Crippen molar-refractivity contribution in [2.24, 2.45) is 11.8 Å². The summed E-state index contributed by atoms with van der Waals surface area (Å²) in [7, 11) is 0. The minimum absolute atomic E-state index is 0.267. The third-order valence-electron chi connectivity index (χ3n) is 5.18. The Morgan fingerprint density at radius 3 is 2.41 bits per heavy atom. The third-order valence-corrected chi connectivity index (χ3v) is 5.18. The fourth-order valence-electron chi connectivity index (χ4n) is 3.94. The van der Waals surface area contributed by atoms with Gasteiger partial charge in [-0.3, -0.25) is 14.1 Å². The third kappa shape index (κ3) is 5.06. The molecule has 1 fully saturated rings. The van der Waals surface area contributed by atoms with Crippen LogP contribution in [0.2, 0.25) is 0 Å². The van der Waals surface area contributed by atoms with E-state index in [0.29, 0.717) is 24.3 Å². The van der Waals surface area contributed by atoms with Crippen molar-refractivity contribution in [1.29, 1.82) is 0 Å². The Kier molecular flexibility index (Phi) is 6.47. The number of fused-ring (bicyclic) bond motifs is 1.